The zero-order valence-electron chi connectivity index (χ0n) is 12.7. The molecule has 0 bridgehead atoms. The number of aromatic carboxylic acids is 1. The fourth-order valence-electron chi connectivity index (χ4n) is 2.07. The maximum atomic E-state index is 12.9. The fourth-order valence-corrected chi connectivity index (χ4v) is 2.64. The van der Waals surface area contributed by atoms with E-state index in [-0.39, 0.29) is 11.4 Å². The number of hydrogen-bond acceptors (Lipinski definition) is 5. The highest BCUT2D eigenvalue weighted by atomic mass is 32.1. The largest absolute Gasteiger partial charge is 0.478 e. The van der Waals surface area contributed by atoms with Gasteiger partial charge in [-0.15, -0.1) is 0 Å². The summed E-state index contributed by atoms with van der Waals surface area (Å²) in [5.74, 6) is -0.315. The first-order valence-electron chi connectivity index (χ1n) is 7.10. The first-order chi connectivity index (χ1) is 11.5. The van der Waals surface area contributed by atoms with Crippen molar-refractivity contribution in [2.75, 3.05) is 0 Å². The molecule has 0 fully saturated rings. The number of carboxylic acids is 1. The highest BCUT2D eigenvalue weighted by Gasteiger charge is 2.11. The molecule has 0 saturated heterocycles. The van der Waals surface area contributed by atoms with Crippen molar-refractivity contribution in [3.63, 3.8) is 0 Å². The second-order valence-electron chi connectivity index (χ2n) is 5.17. The van der Waals surface area contributed by atoms with Crippen LogP contribution in [0, 0.1) is 12.7 Å². The van der Waals surface area contributed by atoms with Gasteiger partial charge in [0, 0.05) is 18.0 Å². The van der Waals surface area contributed by atoms with Gasteiger partial charge in [0.25, 0.3) is 5.19 Å². The molecule has 7 heteroatoms. The molecule has 0 saturated carbocycles. The monoisotopic (exact) mass is 344 g/mol. The Balaban J connectivity index is 1.75. The summed E-state index contributed by atoms with van der Waals surface area (Å²) in [6.45, 7) is 1.82. The van der Waals surface area contributed by atoms with Crippen molar-refractivity contribution in [1.29, 1.82) is 0 Å². The molecule has 3 rings (SSSR count). The Morgan fingerprint density at radius 3 is 2.71 bits per heavy atom. The van der Waals surface area contributed by atoms with Crippen LogP contribution in [0.15, 0.2) is 42.5 Å². The molecule has 0 aliphatic carbocycles. The van der Waals surface area contributed by atoms with E-state index in [0.29, 0.717) is 23.2 Å². The molecule has 0 amide bonds. The topological polar surface area (TPSA) is 72.3 Å². The molecular weight excluding hydrogens is 331 g/mol. The van der Waals surface area contributed by atoms with Crippen molar-refractivity contribution in [3.8, 4) is 10.9 Å². The lowest BCUT2D eigenvalue weighted by Crippen LogP contribution is -1.97. The van der Waals surface area contributed by atoms with Crippen LogP contribution in [-0.4, -0.2) is 20.4 Å². The molecule has 5 nitrogen and oxygen atoms in total. The SMILES string of the molecule is Cc1ccc(C(=O)O)cc1Oc1nc(Cc2ccc(F)cc2)ns1. The van der Waals surface area contributed by atoms with Crippen LogP contribution in [0.5, 0.6) is 10.9 Å². The summed E-state index contributed by atoms with van der Waals surface area (Å²) >= 11 is 1.08. The molecule has 1 aromatic heterocycles. The van der Waals surface area contributed by atoms with Crippen molar-refractivity contribution in [1.82, 2.24) is 9.36 Å². The molecule has 0 spiro atoms. The summed E-state index contributed by atoms with van der Waals surface area (Å²) in [6, 6.07) is 10.8. The molecule has 1 N–H and O–H groups in total. The third kappa shape index (κ3) is 3.75. The third-order valence-corrected chi connectivity index (χ3v) is 3.99. The van der Waals surface area contributed by atoms with Gasteiger partial charge < -0.3 is 9.84 Å². The van der Waals surface area contributed by atoms with Gasteiger partial charge in [0.05, 0.1) is 5.56 Å². The van der Waals surface area contributed by atoms with E-state index in [0.717, 1.165) is 22.7 Å². The van der Waals surface area contributed by atoms with E-state index >= 15 is 0 Å². The van der Waals surface area contributed by atoms with Crippen molar-refractivity contribution < 1.29 is 19.0 Å². The van der Waals surface area contributed by atoms with Gasteiger partial charge in [-0.05, 0) is 42.3 Å². The van der Waals surface area contributed by atoms with E-state index in [1.807, 2.05) is 6.92 Å². The lowest BCUT2D eigenvalue weighted by Gasteiger charge is -2.06. The molecule has 24 heavy (non-hydrogen) atoms. The lowest BCUT2D eigenvalue weighted by atomic mass is 10.1. The van der Waals surface area contributed by atoms with E-state index in [2.05, 4.69) is 9.36 Å². The van der Waals surface area contributed by atoms with Crippen molar-refractivity contribution in [3.05, 3.63) is 70.8 Å². The van der Waals surface area contributed by atoms with Gasteiger partial charge in [0.1, 0.15) is 11.6 Å². The predicted octanol–water partition coefficient (Wildman–Crippen LogP) is 4.07. The van der Waals surface area contributed by atoms with Gasteiger partial charge in [-0.2, -0.15) is 9.36 Å². The summed E-state index contributed by atoms with van der Waals surface area (Å²) < 4.78 is 22.8. The minimum Gasteiger partial charge on any atom is -0.478 e. The fraction of sp³-hybridized carbons (Fsp3) is 0.118. The smallest absolute Gasteiger partial charge is 0.335 e. The van der Waals surface area contributed by atoms with Gasteiger partial charge in [-0.3, -0.25) is 0 Å². The lowest BCUT2D eigenvalue weighted by molar-refractivity contribution is 0.0696. The molecule has 0 atom stereocenters. The minimum atomic E-state index is -1.02. The maximum Gasteiger partial charge on any atom is 0.335 e. The van der Waals surface area contributed by atoms with E-state index in [1.165, 1.54) is 24.3 Å². The summed E-state index contributed by atoms with van der Waals surface area (Å²) in [5, 5.41) is 9.38. The molecule has 3 aromatic rings. The van der Waals surface area contributed by atoms with Gasteiger partial charge in [-0.1, -0.05) is 18.2 Å². The number of aryl methyl sites for hydroxylation is 1. The van der Waals surface area contributed by atoms with E-state index in [4.69, 9.17) is 9.84 Å². The van der Waals surface area contributed by atoms with Crippen LogP contribution in [0.3, 0.4) is 0 Å². The first kappa shape index (κ1) is 16.1. The molecule has 0 unspecified atom stereocenters. The average molecular weight is 344 g/mol. The second kappa shape index (κ2) is 6.76. The van der Waals surface area contributed by atoms with Crippen molar-refractivity contribution >= 4 is 17.5 Å². The first-order valence-corrected chi connectivity index (χ1v) is 7.87. The van der Waals surface area contributed by atoms with Gasteiger partial charge in [-0.25, -0.2) is 9.18 Å². The molecule has 0 aliphatic heterocycles. The van der Waals surface area contributed by atoms with Crippen molar-refractivity contribution in [2.45, 2.75) is 13.3 Å². The van der Waals surface area contributed by atoms with Crippen LogP contribution in [0.4, 0.5) is 4.39 Å². The highest BCUT2D eigenvalue weighted by Crippen LogP contribution is 2.27. The van der Waals surface area contributed by atoms with E-state index in [9.17, 15) is 9.18 Å². The minimum absolute atomic E-state index is 0.145. The normalized spacial score (nSPS) is 10.6. The summed E-state index contributed by atoms with van der Waals surface area (Å²) in [6.07, 6.45) is 0.467. The molecule has 0 radical (unpaired) electrons. The maximum absolute atomic E-state index is 12.9. The molecule has 122 valence electrons. The van der Waals surface area contributed by atoms with Crippen LogP contribution in [0.25, 0.3) is 0 Å². The number of aromatic nitrogens is 2. The number of rotatable bonds is 5. The summed E-state index contributed by atoms with van der Waals surface area (Å²) in [5.41, 5.74) is 1.84. The van der Waals surface area contributed by atoms with Gasteiger partial charge in [0.15, 0.2) is 5.82 Å². The van der Waals surface area contributed by atoms with Gasteiger partial charge >= 0.3 is 5.97 Å². The third-order valence-electron chi connectivity index (χ3n) is 3.36. The second-order valence-corrected chi connectivity index (χ2v) is 5.88. The van der Waals surface area contributed by atoms with Crippen LogP contribution < -0.4 is 4.74 Å². The Morgan fingerprint density at radius 2 is 2.00 bits per heavy atom. The predicted molar refractivity (Wildman–Crippen MR) is 87.3 cm³/mol. The van der Waals surface area contributed by atoms with E-state index < -0.39 is 5.97 Å². The van der Waals surface area contributed by atoms with Gasteiger partial charge in [0.2, 0.25) is 0 Å². The number of hydrogen-bond donors (Lipinski definition) is 1. The number of nitrogens with zero attached hydrogens (tertiary/aromatic N) is 2. The highest BCUT2D eigenvalue weighted by molar-refractivity contribution is 7.07. The Morgan fingerprint density at radius 1 is 1.25 bits per heavy atom. The van der Waals surface area contributed by atoms with Crippen LogP contribution in [0.2, 0.25) is 0 Å². The number of halogens is 1. The quantitative estimate of drug-likeness (QED) is 0.755. The Bertz CT molecular complexity index is 878. The Labute approximate surface area is 141 Å². The van der Waals surface area contributed by atoms with Crippen molar-refractivity contribution in [2.24, 2.45) is 0 Å². The number of carboxylic acid groups (broad SMARTS) is 1. The average Bonchev–Trinajstić information content (AvgIpc) is 2.98. The zero-order chi connectivity index (χ0) is 17.1. The van der Waals surface area contributed by atoms with Crippen LogP contribution >= 0.6 is 11.5 Å². The standard InChI is InChI=1S/C17H13FN2O3S/c1-10-2-5-12(16(21)22)9-14(10)23-17-19-15(20-24-17)8-11-3-6-13(18)7-4-11/h2-7,9H,8H2,1H3,(H,21,22). The van der Waals surface area contributed by atoms with Crippen LogP contribution in [-0.2, 0) is 6.42 Å². The molecule has 2 aromatic carbocycles. The van der Waals surface area contributed by atoms with E-state index in [1.54, 1.807) is 18.2 Å². The zero-order valence-corrected chi connectivity index (χ0v) is 13.5. The Kier molecular flexibility index (Phi) is 4.52. The molecular formula is C17H13FN2O3S. The summed E-state index contributed by atoms with van der Waals surface area (Å²) in [4.78, 5) is 15.3. The number of benzene rings is 2. The molecule has 0 aliphatic rings. The Hall–Kier alpha value is -2.80. The van der Waals surface area contributed by atoms with Crippen LogP contribution in [0.1, 0.15) is 27.3 Å². The molecule has 1 heterocycles. The number of carbonyl (C=O) groups is 1. The summed E-state index contributed by atoms with van der Waals surface area (Å²) in [7, 11) is 0. The number of ether oxygens (including phenoxy) is 1.